The van der Waals surface area contributed by atoms with Gasteiger partial charge in [0.1, 0.15) is 6.04 Å². The van der Waals surface area contributed by atoms with E-state index in [0.717, 1.165) is 53.6 Å². The van der Waals surface area contributed by atoms with Gasteiger partial charge in [0.2, 0.25) is 5.91 Å². The largest absolute Gasteiger partial charge is 0.381 e. The molecule has 2 aliphatic heterocycles. The molecule has 0 aliphatic carbocycles. The van der Waals surface area contributed by atoms with E-state index in [2.05, 4.69) is 23.3 Å². The van der Waals surface area contributed by atoms with Crippen LogP contribution in [-0.2, 0) is 16.0 Å². The molecule has 0 saturated heterocycles. The van der Waals surface area contributed by atoms with E-state index in [9.17, 15) is 9.59 Å². The fourth-order valence-corrected chi connectivity index (χ4v) is 4.99. The van der Waals surface area contributed by atoms with Gasteiger partial charge in [0.25, 0.3) is 5.91 Å². The van der Waals surface area contributed by atoms with E-state index in [-0.39, 0.29) is 17.9 Å². The predicted octanol–water partition coefficient (Wildman–Crippen LogP) is 3.96. The molecule has 0 fully saturated rings. The van der Waals surface area contributed by atoms with E-state index in [1.54, 1.807) is 4.90 Å². The fourth-order valence-electron chi connectivity index (χ4n) is 4.99. The Labute approximate surface area is 187 Å². The minimum Gasteiger partial charge on any atom is -0.381 e. The second kappa shape index (κ2) is 8.79. The Hall–Kier alpha value is -3.12. The number of hydrogen-bond donors (Lipinski definition) is 2. The fraction of sp³-hybridized carbons (Fsp3) is 0.385. The minimum absolute atomic E-state index is 0.0713. The zero-order valence-corrected chi connectivity index (χ0v) is 18.4. The Bertz CT molecular complexity index is 1150. The van der Waals surface area contributed by atoms with E-state index in [1.807, 2.05) is 42.5 Å². The average molecular weight is 432 g/mol. The summed E-state index contributed by atoms with van der Waals surface area (Å²) in [6, 6.07) is 15.1. The van der Waals surface area contributed by atoms with Crippen LogP contribution < -0.4 is 5.32 Å². The number of rotatable bonds is 8. The molecule has 6 nitrogen and oxygen atoms in total. The number of nitrogens with one attached hydrogen (secondary N) is 2. The molecule has 3 aromatic rings. The van der Waals surface area contributed by atoms with E-state index in [0.29, 0.717) is 25.1 Å². The maximum atomic E-state index is 13.4. The molecule has 5 rings (SSSR count). The number of carbonyl (C=O) groups is 2. The number of aromatic nitrogens is 1. The van der Waals surface area contributed by atoms with Gasteiger partial charge in [0.05, 0.1) is 6.04 Å². The highest BCUT2D eigenvalue weighted by atomic mass is 16.5. The van der Waals surface area contributed by atoms with Gasteiger partial charge in [-0.25, -0.2) is 0 Å². The topological polar surface area (TPSA) is 74.4 Å². The van der Waals surface area contributed by atoms with Crippen molar-refractivity contribution >= 4 is 22.7 Å². The molecule has 0 bridgehead atoms. The summed E-state index contributed by atoms with van der Waals surface area (Å²) in [6.45, 7) is 4.08. The molecule has 166 valence electrons. The molecule has 3 heterocycles. The van der Waals surface area contributed by atoms with Crippen LogP contribution in [0.2, 0.25) is 0 Å². The van der Waals surface area contributed by atoms with Crippen LogP contribution in [0.15, 0.2) is 48.5 Å². The number of nitrogens with zero attached hydrogens (tertiary/aromatic N) is 1. The van der Waals surface area contributed by atoms with Gasteiger partial charge in [0, 0.05) is 48.3 Å². The van der Waals surface area contributed by atoms with Gasteiger partial charge in [-0.1, -0.05) is 49.7 Å². The van der Waals surface area contributed by atoms with Crippen molar-refractivity contribution in [2.75, 3.05) is 19.8 Å². The monoisotopic (exact) mass is 431 g/mol. The van der Waals surface area contributed by atoms with Crippen LogP contribution in [0.3, 0.4) is 0 Å². The Morgan fingerprint density at radius 2 is 1.91 bits per heavy atom. The summed E-state index contributed by atoms with van der Waals surface area (Å²) in [5.41, 5.74) is 4.85. The number of benzene rings is 2. The van der Waals surface area contributed by atoms with Crippen molar-refractivity contribution in [2.24, 2.45) is 0 Å². The van der Waals surface area contributed by atoms with E-state index in [1.165, 1.54) is 0 Å². The third-order valence-corrected chi connectivity index (χ3v) is 6.56. The van der Waals surface area contributed by atoms with Crippen molar-refractivity contribution in [1.82, 2.24) is 15.2 Å². The third kappa shape index (κ3) is 3.48. The van der Waals surface area contributed by atoms with Crippen molar-refractivity contribution in [2.45, 2.75) is 44.7 Å². The average Bonchev–Trinajstić information content (AvgIpc) is 3.34. The summed E-state index contributed by atoms with van der Waals surface area (Å²) < 4.78 is 5.59. The molecule has 1 aromatic heterocycles. The van der Waals surface area contributed by atoms with Gasteiger partial charge >= 0.3 is 0 Å². The summed E-state index contributed by atoms with van der Waals surface area (Å²) >= 11 is 0. The van der Waals surface area contributed by atoms with Gasteiger partial charge in [-0.2, -0.15) is 0 Å². The Balaban J connectivity index is 1.41. The first-order valence-corrected chi connectivity index (χ1v) is 11.6. The lowest BCUT2D eigenvalue weighted by Gasteiger charge is -2.37. The van der Waals surface area contributed by atoms with Crippen LogP contribution in [0, 0.1) is 0 Å². The zero-order valence-electron chi connectivity index (χ0n) is 18.4. The molecule has 2 N–H and O–H groups in total. The lowest BCUT2D eigenvalue weighted by atomic mass is 9.90. The van der Waals surface area contributed by atoms with E-state index < -0.39 is 6.04 Å². The summed E-state index contributed by atoms with van der Waals surface area (Å²) in [5, 5.41) is 4.18. The number of para-hydroxylation sites is 1. The maximum Gasteiger partial charge on any atom is 0.255 e. The lowest BCUT2D eigenvalue weighted by molar-refractivity contribution is -0.126. The molecule has 0 unspecified atom stereocenters. The molecule has 2 aliphatic rings. The number of amides is 2. The second-order valence-electron chi connectivity index (χ2n) is 8.60. The molecule has 32 heavy (non-hydrogen) atoms. The highest BCUT2D eigenvalue weighted by Gasteiger charge is 2.48. The van der Waals surface area contributed by atoms with Crippen molar-refractivity contribution in [1.29, 1.82) is 0 Å². The molecule has 2 amide bonds. The lowest BCUT2D eigenvalue weighted by Crippen LogP contribution is -2.52. The normalized spacial score (nSPS) is 19.0. The molecular formula is C26H29N3O3. The zero-order chi connectivity index (χ0) is 22.1. The summed E-state index contributed by atoms with van der Waals surface area (Å²) in [4.78, 5) is 32.0. The van der Waals surface area contributed by atoms with Crippen LogP contribution in [0.4, 0.5) is 0 Å². The third-order valence-electron chi connectivity index (χ3n) is 6.56. The van der Waals surface area contributed by atoms with Crippen LogP contribution in [0.5, 0.6) is 0 Å². The van der Waals surface area contributed by atoms with Crippen LogP contribution in [0.25, 0.3) is 10.9 Å². The number of hydrogen-bond acceptors (Lipinski definition) is 3. The standard InChI is InChI=1S/C26H29N3O3/c1-2-3-14-32-15-8-13-27-25(30)22-16-20-17-9-6-7-12-21(17)28-23(20)24-18-10-4-5-11-19(18)26(31)29(22)24/h4-7,9-12,22,24,28H,2-3,8,13-16H2,1H3,(H,27,30)/t22-,24+/m0/s1. The number of carbonyl (C=O) groups excluding carboxylic acids is 2. The number of unbranched alkanes of at least 4 members (excludes halogenated alkanes) is 1. The summed E-state index contributed by atoms with van der Waals surface area (Å²) in [7, 11) is 0. The van der Waals surface area contributed by atoms with Crippen molar-refractivity contribution in [3.8, 4) is 0 Å². The number of ether oxygens (including phenoxy) is 1. The quantitative estimate of drug-likeness (QED) is 0.530. The second-order valence-corrected chi connectivity index (χ2v) is 8.60. The highest BCUT2D eigenvalue weighted by molar-refractivity contribution is 6.03. The predicted molar refractivity (Wildman–Crippen MR) is 124 cm³/mol. The molecule has 0 saturated carbocycles. The van der Waals surface area contributed by atoms with E-state index >= 15 is 0 Å². The summed E-state index contributed by atoms with van der Waals surface area (Å²) in [5.74, 6) is -0.168. The summed E-state index contributed by atoms with van der Waals surface area (Å²) in [6.07, 6.45) is 3.44. The first-order chi connectivity index (χ1) is 15.7. The van der Waals surface area contributed by atoms with Crippen LogP contribution in [0.1, 0.15) is 59.4 Å². The van der Waals surface area contributed by atoms with Gasteiger partial charge < -0.3 is 19.9 Å². The maximum absolute atomic E-state index is 13.4. The molecular weight excluding hydrogens is 402 g/mol. The van der Waals surface area contributed by atoms with E-state index in [4.69, 9.17) is 4.74 Å². The molecule has 6 heteroatoms. The molecule has 0 spiro atoms. The Kier molecular flexibility index (Phi) is 5.70. The minimum atomic E-state index is -0.535. The number of fused-ring (bicyclic) bond motifs is 7. The van der Waals surface area contributed by atoms with Gasteiger partial charge in [-0.3, -0.25) is 9.59 Å². The van der Waals surface area contributed by atoms with Crippen molar-refractivity contribution in [3.63, 3.8) is 0 Å². The smallest absolute Gasteiger partial charge is 0.255 e. The van der Waals surface area contributed by atoms with Crippen molar-refractivity contribution < 1.29 is 14.3 Å². The first kappa shape index (κ1) is 20.8. The van der Waals surface area contributed by atoms with Crippen LogP contribution >= 0.6 is 0 Å². The number of H-pyrrole nitrogens is 1. The van der Waals surface area contributed by atoms with Gasteiger partial charge in [-0.05, 0) is 36.1 Å². The number of aromatic amines is 1. The SMILES string of the molecule is CCCCOCCCNC(=O)[C@@H]1Cc2c([nH]c3ccccc23)[C@H]2c3ccccc3C(=O)N21. The molecule has 2 aromatic carbocycles. The Morgan fingerprint density at radius 1 is 1.12 bits per heavy atom. The first-order valence-electron chi connectivity index (χ1n) is 11.6. The molecule has 0 radical (unpaired) electrons. The Morgan fingerprint density at radius 3 is 2.78 bits per heavy atom. The van der Waals surface area contributed by atoms with Gasteiger partial charge in [-0.15, -0.1) is 0 Å². The van der Waals surface area contributed by atoms with Crippen LogP contribution in [-0.4, -0.2) is 47.5 Å². The van der Waals surface area contributed by atoms with Gasteiger partial charge in [0.15, 0.2) is 0 Å². The highest BCUT2D eigenvalue weighted by Crippen LogP contribution is 2.46. The molecule has 2 atom stereocenters. The van der Waals surface area contributed by atoms with Crippen molar-refractivity contribution in [3.05, 3.63) is 70.9 Å².